The van der Waals surface area contributed by atoms with Gasteiger partial charge in [0.15, 0.2) is 23.0 Å². The van der Waals surface area contributed by atoms with Gasteiger partial charge in [-0.3, -0.25) is 9.59 Å². The van der Waals surface area contributed by atoms with Crippen LogP contribution in [-0.4, -0.2) is 30.9 Å². The average molecular weight is 342 g/mol. The zero-order valence-electron chi connectivity index (χ0n) is 15.3. The molecule has 0 aliphatic heterocycles. The molecular weight excluding hydrogens is 320 g/mol. The Kier molecular flexibility index (Phi) is 3.60. The van der Waals surface area contributed by atoms with Crippen molar-refractivity contribution in [1.82, 2.24) is 0 Å². The molecule has 0 amide bonds. The number of allylic oxidation sites excluding steroid dienone is 4. The number of phenols is 1. The fraction of sp³-hybridized carbons (Fsp3) is 0.400. The van der Waals surface area contributed by atoms with Crippen molar-refractivity contribution in [3.05, 3.63) is 46.2 Å². The number of aryl methyl sites for hydroxylation is 1. The minimum Gasteiger partial charge on any atom is -0.504 e. The largest absolute Gasteiger partial charge is 0.504 e. The molecule has 0 radical (unpaired) electrons. The molecule has 0 spiro atoms. The fourth-order valence-electron chi connectivity index (χ4n) is 4.14. The van der Waals surface area contributed by atoms with Crippen LogP contribution in [0.4, 0.5) is 0 Å². The molecule has 0 saturated heterocycles. The van der Waals surface area contributed by atoms with Gasteiger partial charge >= 0.3 is 0 Å². The monoisotopic (exact) mass is 342 g/mol. The molecule has 0 fully saturated rings. The van der Waals surface area contributed by atoms with Crippen LogP contribution in [0.25, 0.3) is 0 Å². The number of aromatic hydroxyl groups is 1. The minimum absolute atomic E-state index is 0.00130. The maximum atomic E-state index is 13.1. The van der Waals surface area contributed by atoms with Gasteiger partial charge in [-0.2, -0.15) is 0 Å². The van der Waals surface area contributed by atoms with E-state index in [1.54, 1.807) is 32.9 Å². The first kappa shape index (κ1) is 17.3. The molecule has 0 aromatic heterocycles. The summed E-state index contributed by atoms with van der Waals surface area (Å²) >= 11 is 0. The van der Waals surface area contributed by atoms with Gasteiger partial charge in [-0.05, 0) is 45.4 Å². The van der Waals surface area contributed by atoms with E-state index in [2.05, 4.69) is 0 Å². The van der Waals surface area contributed by atoms with Crippen LogP contribution in [0.5, 0.6) is 11.5 Å². The molecule has 3 rings (SSSR count). The number of hydrogen-bond donors (Lipinski definition) is 1. The van der Waals surface area contributed by atoms with Crippen molar-refractivity contribution < 1.29 is 24.2 Å². The Balaban J connectivity index is 2.52. The Hall–Kier alpha value is -2.56. The molecule has 1 aromatic rings. The number of rotatable bonds is 2. The van der Waals surface area contributed by atoms with Gasteiger partial charge in [0.2, 0.25) is 5.78 Å². The van der Waals surface area contributed by atoms with E-state index in [1.807, 2.05) is 6.92 Å². The van der Waals surface area contributed by atoms with Crippen molar-refractivity contribution in [3.8, 4) is 11.5 Å². The van der Waals surface area contributed by atoms with Crippen molar-refractivity contribution in [3.63, 3.8) is 0 Å². The molecule has 0 bridgehead atoms. The molecule has 5 heteroatoms. The van der Waals surface area contributed by atoms with Crippen molar-refractivity contribution in [2.24, 2.45) is 5.41 Å². The number of phenolic OH excluding ortho intramolecular Hbond substituents is 1. The number of Topliss-reactive ketones (excluding diaryl/α,β-unsaturated/α-hetero) is 1. The highest BCUT2D eigenvalue weighted by Crippen LogP contribution is 2.56. The van der Waals surface area contributed by atoms with Crippen LogP contribution in [0.2, 0.25) is 0 Å². The lowest BCUT2D eigenvalue weighted by Gasteiger charge is -2.45. The molecule has 1 atom stereocenters. The number of fused-ring (bicyclic) bond motifs is 3. The van der Waals surface area contributed by atoms with E-state index >= 15 is 0 Å². The second kappa shape index (κ2) is 5.22. The fourth-order valence-corrected chi connectivity index (χ4v) is 4.14. The Bertz CT molecular complexity index is 873. The quantitative estimate of drug-likeness (QED) is 0.893. The molecule has 1 aromatic carbocycles. The molecular formula is C20H22O5. The first-order valence-electron chi connectivity index (χ1n) is 8.09. The summed E-state index contributed by atoms with van der Waals surface area (Å²) in [6.07, 6.45) is 3.30. The lowest BCUT2D eigenvalue weighted by molar-refractivity contribution is -0.121. The summed E-state index contributed by atoms with van der Waals surface area (Å²) in [7, 11) is 2.90. The van der Waals surface area contributed by atoms with E-state index in [4.69, 9.17) is 9.47 Å². The van der Waals surface area contributed by atoms with Gasteiger partial charge in [0, 0.05) is 22.1 Å². The number of benzene rings is 1. The van der Waals surface area contributed by atoms with E-state index in [9.17, 15) is 14.7 Å². The van der Waals surface area contributed by atoms with Crippen LogP contribution in [0.15, 0.2) is 29.6 Å². The van der Waals surface area contributed by atoms with Crippen LogP contribution in [0.3, 0.4) is 0 Å². The van der Waals surface area contributed by atoms with Crippen molar-refractivity contribution in [2.45, 2.75) is 33.1 Å². The topological polar surface area (TPSA) is 72.8 Å². The van der Waals surface area contributed by atoms with Crippen LogP contribution in [0.1, 0.15) is 42.3 Å². The van der Waals surface area contributed by atoms with Crippen molar-refractivity contribution in [1.29, 1.82) is 0 Å². The van der Waals surface area contributed by atoms with Crippen LogP contribution >= 0.6 is 0 Å². The third-order valence-electron chi connectivity index (χ3n) is 5.38. The summed E-state index contributed by atoms with van der Waals surface area (Å²) in [6, 6.07) is 1.65. The third-order valence-corrected chi connectivity index (χ3v) is 5.38. The smallest absolute Gasteiger partial charge is 0.228 e. The highest BCUT2D eigenvalue weighted by Gasteiger charge is 2.53. The van der Waals surface area contributed by atoms with Gasteiger partial charge in [0.1, 0.15) is 0 Å². The lowest BCUT2D eigenvalue weighted by Crippen LogP contribution is -2.45. The van der Waals surface area contributed by atoms with E-state index < -0.39 is 10.8 Å². The summed E-state index contributed by atoms with van der Waals surface area (Å²) in [6.45, 7) is 7.19. The van der Waals surface area contributed by atoms with Gasteiger partial charge in [-0.25, -0.2) is 0 Å². The molecule has 132 valence electrons. The maximum Gasteiger partial charge on any atom is 0.228 e. The van der Waals surface area contributed by atoms with Gasteiger partial charge < -0.3 is 14.6 Å². The first-order chi connectivity index (χ1) is 11.6. The molecule has 2 aliphatic rings. The number of carbonyl (C=O) groups excluding carboxylic acids is 2. The molecule has 0 saturated carbocycles. The predicted molar refractivity (Wildman–Crippen MR) is 93.0 cm³/mol. The zero-order valence-corrected chi connectivity index (χ0v) is 15.3. The van der Waals surface area contributed by atoms with E-state index in [-0.39, 0.29) is 28.8 Å². The van der Waals surface area contributed by atoms with Gasteiger partial charge in [-0.1, -0.05) is 6.08 Å². The summed E-state index contributed by atoms with van der Waals surface area (Å²) in [5.41, 5.74) is 0.410. The number of ether oxygens (including phenoxy) is 2. The van der Waals surface area contributed by atoms with Crippen LogP contribution in [-0.2, 0) is 14.9 Å². The van der Waals surface area contributed by atoms with Gasteiger partial charge in [0.05, 0.1) is 19.6 Å². The minimum atomic E-state index is -0.909. The third kappa shape index (κ3) is 2.01. The second-order valence-corrected chi connectivity index (χ2v) is 7.26. The van der Waals surface area contributed by atoms with Gasteiger partial charge in [-0.15, -0.1) is 0 Å². The Morgan fingerprint density at radius 3 is 2.28 bits per heavy atom. The molecule has 25 heavy (non-hydrogen) atoms. The Morgan fingerprint density at radius 1 is 1.08 bits per heavy atom. The maximum absolute atomic E-state index is 13.1. The Morgan fingerprint density at radius 2 is 1.72 bits per heavy atom. The second-order valence-electron chi connectivity index (χ2n) is 7.26. The van der Waals surface area contributed by atoms with E-state index in [0.29, 0.717) is 22.3 Å². The molecule has 1 N–H and O–H groups in total. The standard InChI is InChI=1S/C20H22O5/c1-10-9-11-13(16(24-5)14(10)22)20(4)8-7-12(21)19(2,3)18(20)17(25-6)15(11)23/h7-9,22H,1-6H3. The first-order valence-corrected chi connectivity index (χ1v) is 8.09. The number of methoxy groups -OCH3 is 2. The molecule has 5 nitrogen and oxygen atoms in total. The van der Waals surface area contributed by atoms with E-state index in [1.165, 1.54) is 20.3 Å². The van der Waals surface area contributed by atoms with Crippen molar-refractivity contribution in [2.75, 3.05) is 14.2 Å². The number of carbonyl (C=O) groups is 2. The molecule has 0 heterocycles. The number of hydrogen-bond acceptors (Lipinski definition) is 5. The number of ketones is 2. The summed E-state index contributed by atoms with van der Waals surface area (Å²) < 4.78 is 10.9. The van der Waals surface area contributed by atoms with Crippen LogP contribution < -0.4 is 4.74 Å². The average Bonchev–Trinajstić information content (AvgIpc) is 2.56. The van der Waals surface area contributed by atoms with Gasteiger partial charge in [0.25, 0.3) is 0 Å². The highest BCUT2D eigenvalue weighted by atomic mass is 16.5. The summed E-state index contributed by atoms with van der Waals surface area (Å²) in [4.78, 5) is 25.6. The van der Waals surface area contributed by atoms with Crippen molar-refractivity contribution >= 4 is 11.6 Å². The normalized spacial score (nSPS) is 24.1. The molecule has 1 unspecified atom stereocenters. The highest BCUT2D eigenvalue weighted by molar-refractivity contribution is 6.14. The van der Waals surface area contributed by atoms with Crippen LogP contribution in [0, 0.1) is 12.3 Å². The lowest BCUT2D eigenvalue weighted by atomic mass is 9.57. The zero-order chi connectivity index (χ0) is 18.7. The molecule has 2 aliphatic carbocycles. The summed E-state index contributed by atoms with van der Waals surface area (Å²) in [5.74, 6) is 0.0420. The predicted octanol–water partition coefficient (Wildman–Crippen LogP) is 3.23. The summed E-state index contributed by atoms with van der Waals surface area (Å²) in [5, 5.41) is 10.5. The SMILES string of the molecule is COC1=C2C(C)(C)C(=O)C=CC2(C)c2c(cc(C)c(O)c2OC)C1=O. The van der Waals surface area contributed by atoms with E-state index in [0.717, 1.165) is 0 Å². The Labute approximate surface area is 146 Å².